The number of hydrogen-bond acceptors (Lipinski definition) is 7. The molecule has 0 aromatic heterocycles. The number of carbonyl (C=O) groups excluding carboxylic acids is 1. The number of nitrogens with two attached hydrogens (primary N) is 1. The fourth-order valence-corrected chi connectivity index (χ4v) is 2.89. The number of rotatable bonds is 5. The van der Waals surface area contributed by atoms with Gasteiger partial charge in [0.05, 0.1) is 17.1 Å². The van der Waals surface area contributed by atoms with Crippen molar-refractivity contribution in [1.82, 2.24) is 5.01 Å². The number of nitrogens with one attached hydrogen (secondary N) is 1. The van der Waals surface area contributed by atoms with Gasteiger partial charge in [-0.05, 0) is 48.6 Å². The summed E-state index contributed by atoms with van der Waals surface area (Å²) in [5.74, 6) is -0.493. The van der Waals surface area contributed by atoms with Crippen molar-refractivity contribution in [3.05, 3.63) is 90.5 Å². The largest absolute Gasteiger partial charge is 0.374 e. The summed E-state index contributed by atoms with van der Waals surface area (Å²) in [6, 6.07) is 25.8. The van der Waals surface area contributed by atoms with E-state index >= 15 is 0 Å². The van der Waals surface area contributed by atoms with Gasteiger partial charge in [-0.1, -0.05) is 48.5 Å². The van der Waals surface area contributed by atoms with Gasteiger partial charge in [0.15, 0.2) is 10.8 Å². The van der Waals surface area contributed by atoms with Crippen LogP contribution in [0.15, 0.2) is 105 Å². The van der Waals surface area contributed by atoms with Gasteiger partial charge >= 0.3 is 5.91 Å². The van der Waals surface area contributed by atoms with Crippen LogP contribution in [-0.2, 0) is 4.79 Å². The molecule has 0 fully saturated rings. The molecule has 3 aromatic carbocycles. The molecule has 1 aliphatic rings. The van der Waals surface area contributed by atoms with Crippen molar-refractivity contribution in [3.8, 4) is 0 Å². The molecular formula is C22H17N7OS. The third-order valence-electron chi connectivity index (χ3n) is 4.28. The van der Waals surface area contributed by atoms with Crippen LogP contribution >= 0.6 is 12.2 Å². The first kappa shape index (κ1) is 20.0. The number of anilines is 1. The van der Waals surface area contributed by atoms with Crippen LogP contribution in [0, 0.1) is 0 Å². The van der Waals surface area contributed by atoms with E-state index in [4.69, 9.17) is 18.0 Å². The highest BCUT2D eigenvalue weighted by Gasteiger charge is 2.34. The molecule has 0 atom stereocenters. The van der Waals surface area contributed by atoms with E-state index in [-0.39, 0.29) is 10.8 Å². The van der Waals surface area contributed by atoms with Gasteiger partial charge in [0, 0.05) is 5.56 Å². The first-order valence-corrected chi connectivity index (χ1v) is 9.71. The summed E-state index contributed by atoms with van der Waals surface area (Å²) in [6.45, 7) is 0. The molecule has 0 saturated carbocycles. The zero-order valence-corrected chi connectivity index (χ0v) is 17.0. The minimum atomic E-state index is -0.493. The van der Waals surface area contributed by atoms with E-state index in [0.29, 0.717) is 17.1 Å². The maximum Gasteiger partial charge on any atom is 0.303 e. The fourth-order valence-electron chi connectivity index (χ4n) is 2.77. The second-order valence-electron chi connectivity index (χ2n) is 6.42. The quantitative estimate of drug-likeness (QED) is 0.358. The van der Waals surface area contributed by atoms with Crippen LogP contribution in [0.25, 0.3) is 0 Å². The molecule has 3 N–H and O–H groups in total. The van der Waals surface area contributed by atoms with Gasteiger partial charge in [-0.3, -0.25) is 10.2 Å². The van der Waals surface area contributed by atoms with Crippen molar-refractivity contribution in [2.75, 3.05) is 5.43 Å². The van der Waals surface area contributed by atoms with E-state index in [9.17, 15) is 4.79 Å². The molecule has 31 heavy (non-hydrogen) atoms. The van der Waals surface area contributed by atoms with Crippen LogP contribution < -0.4 is 11.2 Å². The molecule has 8 nitrogen and oxygen atoms in total. The van der Waals surface area contributed by atoms with Crippen LogP contribution in [0.5, 0.6) is 0 Å². The number of azo groups is 1. The summed E-state index contributed by atoms with van der Waals surface area (Å²) >= 11 is 4.92. The summed E-state index contributed by atoms with van der Waals surface area (Å²) < 4.78 is 0. The molecule has 4 rings (SSSR count). The second-order valence-corrected chi connectivity index (χ2v) is 6.84. The van der Waals surface area contributed by atoms with E-state index in [1.807, 2.05) is 60.7 Å². The molecule has 152 valence electrons. The smallest absolute Gasteiger partial charge is 0.303 e. The lowest BCUT2D eigenvalue weighted by atomic mass is 10.1. The highest BCUT2D eigenvalue weighted by molar-refractivity contribution is 7.80. The van der Waals surface area contributed by atoms with Crippen molar-refractivity contribution in [2.24, 2.45) is 26.2 Å². The first-order valence-electron chi connectivity index (χ1n) is 9.30. The van der Waals surface area contributed by atoms with Gasteiger partial charge in [-0.25, -0.2) is 0 Å². The van der Waals surface area contributed by atoms with E-state index in [2.05, 4.69) is 25.9 Å². The molecule has 1 heterocycles. The Balaban J connectivity index is 1.52. The van der Waals surface area contributed by atoms with Gasteiger partial charge in [0.2, 0.25) is 0 Å². The lowest BCUT2D eigenvalue weighted by molar-refractivity contribution is -0.119. The Morgan fingerprint density at radius 3 is 2.06 bits per heavy atom. The van der Waals surface area contributed by atoms with Crippen molar-refractivity contribution in [1.29, 1.82) is 0 Å². The SMILES string of the molecule is NC(=S)N1N=C(c2ccccc2)/C(=N\Nc2ccc(/N=N/c3ccccc3)cc2)C1=O. The van der Waals surface area contributed by atoms with E-state index in [1.165, 1.54) is 0 Å². The Labute approximate surface area is 183 Å². The summed E-state index contributed by atoms with van der Waals surface area (Å²) in [6.07, 6.45) is 0. The molecule has 9 heteroatoms. The average molecular weight is 427 g/mol. The number of amides is 1. The topological polar surface area (TPSA) is 108 Å². The van der Waals surface area contributed by atoms with Gasteiger partial charge in [-0.15, -0.1) is 0 Å². The van der Waals surface area contributed by atoms with Gasteiger partial charge < -0.3 is 5.73 Å². The Morgan fingerprint density at radius 2 is 1.45 bits per heavy atom. The minimum Gasteiger partial charge on any atom is -0.374 e. The maximum atomic E-state index is 12.7. The maximum absolute atomic E-state index is 12.7. The average Bonchev–Trinajstić information content (AvgIpc) is 3.14. The molecule has 0 aliphatic carbocycles. The number of benzene rings is 3. The fraction of sp³-hybridized carbons (Fsp3) is 0. The minimum absolute atomic E-state index is 0.117. The lowest BCUT2D eigenvalue weighted by Gasteiger charge is -2.07. The second kappa shape index (κ2) is 9.06. The normalized spacial score (nSPS) is 14.8. The van der Waals surface area contributed by atoms with Crippen molar-refractivity contribution in [2.45, 2.75) is 0 Å². The third-order valence-corrected chi connectivity index (χ3v) is 4.45. The molecule has 1 aliphatic heterocycles. The zero-order chi connectivity index (χ0) is 21.6. The van der Waals surface area contributed by atoms with Crippen LogP contribution in [0.3, 0.4) is 0 Å². The molecule has 0 radical (unpaired) electrons. The van der Waals surface area contributed by atoms with Crippen LogP contribution in [-0.4, -0.2) is 27.5 Å². The van der Waals surface area contributed by atoms with E-state index in [0.717, 1.165) is 16.3 Å². The highest BCUT2D eigenvalue weighted by atomic mass is 32.1. The Bertz CT molecular complexity index is 1190. The van der Waals surface area contributed by atoms with Crippen LogP contribution in [0.2, 0.25) is 0 Å². The molecule has 0 spiro atoms. The summed E-state index contributed by atoms with van der Waals surface area (Å²) in [5, 5.41) is 17.7. The molecule has 1 amide bonds. The van der Waals surface area contributed by atoms with Crippen LogP contribution in [0.4, 0.5) is 17.1 Å². The first-order chi connectivity index (χ1) is 15.1. The van der Waals surface area contributed by atoms with Gasteiger partial charge in [0.25, 0.3) is 0 Å². The Hall–Kier alpha value is -4.24. The number of carbonyl (C=O) groups is 1. The number of hydrazone groups is 2. The van der Waals surface area contributed by atoms with E-state index < -0.39 is 5.91 Å². The third kappa shape index (κ3) is 4.68. The number of thiocarbonyl (C=S) groups is 1. The zero-order valence-electron chi connectivity index (χ0n) is 16.2. The Kier molecular flexibility index (Phi) is 5.86. The van der Waals surface area contributed by atoms with Gasteiger partial charge in [0.1, 0.15) is 5.71 Å². The van der Waals surface area contributed by atoms with E-state index in [1.54, 1.807) is 24.3 Å². The van der Waals surface area contributed by atoms with Crippen LogP contribution in [0.1, 0.15) is 5.56 Å². The summed E-state index contributed by atoms with van der Waals surface area (Å²) in [7, 11) is 0. The lowest BCUT2D eigenvalue weighted by Crippen LogP contribution is -2.36. The Morgan fingerprint density at radius 1 is 0.871 bits per heavy atom. The van der Waals surface area contributed by atoms with Gasteiger partial charge in [-0.2, -0.15) is 25.4 Å². The van der Waals surface area contributed by atoms with Crippen molar-refractivity contribution < 1.29 is 4.79 Å². The monoisotopic (exact) mass is 427 g/mol. The molecule has 0 bridgehead atoms. The predicted octanol–water partition coefficient (Wildman–Crippen LogP) is 4.36. The highest BCUT2D eigenvalue weighted by Crippen LogP contribution is 2.20. The summed E-state index contributed by atoms with van der Waals surface area (Å²) in [4.78, 5) is 12.7. The standard InChI is InChI=1S/C22H17N7OS/c23-22(31)29-21(30)20(19(28-29)15-7-3-1-4-8-15)27-26-18-13-11-17(12-14-18)25-24-16-9-5-2-6-10-16/h1-14,26H,(H2,23,31)/b25-24+,27-20+. The molecule has 0 unspecified atom stereocenters. The number of nitrogens with zero attached hydrogens (tertiary/aromatic N) is 5. The molecule has 3 aromatic rings. The van der Waals surface area contributed by atoms with Crippen molar-refractivity contribution in [3.63, 3.8) is 0 Å². The summed E-state index contributed by atoms with van der Waals surface area (Å²) in [5.41, 5.74) is 11.9. The van der Waals surface area contributed by atoms with Crippen molar-refractivity contribution >= 4 is 51.7 Å². The molecular weight excluding hydrogens is 410 g/mol. The predicted molar refractivity (Wildman–Crippen MR) is 125 cm³/mol. The number of hydrogen-bond donors (Lipinski definition) is 2. The molecule has 0 saturated heterocycles.